The number of benzene rings is 2. The Labute approximate surface area is 117 Å². The summed E-state index contributed by atoms with van der Waals surface area (Å²) in [6.07, 6.45) is 1.74. The second-order valence-corrected chi connectivity index (χ2v) is 4.37. The third kappa shape index (κ3) is 4.23. The molecule has 0 saturated heterocycles. The molecule has 2 rings (SSSR count). The van der Waals surface area contributed by atoms with E-state index >= 15 is 0 Å². The summed E-state index contributed by atoms with van der Waals surface area (Å²) in [4.78, 5) is 0. The zero-order chi connectivity index (χ0) is 14.4. The van der Waals surface area contributed by atoms with Crippen LogP contribution in [0.3, 0.4) is 0 Å². The molecule has 0 heterocycles. The minimum absolute atomic E-state index is 0.188. The molecule has 2 aromatic carbocycles. The highest BCUT2D eigenvalue weighted by atomic mass is 19.3. The van der Waals surface area contributed by atoms with Crippen LogP contribution in [0.25, 0.3) is 0 Å². The highest BCUT2D eigenvalue weighted by Gasteiger charge is 2.03. The van der Waals surface area contributed by atoms with Crippen molar-refractivity contribution in [2.24, 2.45) is 0 Å². The number of methoxy groups -OCH3 is 1. The van der Waals surface area contributed by atoms with Crippen LogP contribution in [0.15, 0.2) is 48.5 Å². The topological polar surface area (TPSA) is 18.5 Å². The maximum Gasteiger partial charge on any atom is 0.387 e. The van der Waals surface area contributed by atoms with Crippen LogP contribution in [0.2, 0.25) is 0 Å². The van der Waals surface area contributed by atoms with E-state index in [1.807, 2.05) is 24.3 Å². The van der Waals surface area contributed by atoms with Gasteiger partial charge in [0.1, 0.15) is 11.5 Å². The van der Waals surface area contributed by atoms with Crippen LogP contribution in [-0.4, -0.2) is 13.7 Å². The summed E-state index contributed by atoms with van der Waals surface area (Å²) >= 11 is 0. The van der Waals surface area contributed by atoms with E-state index in [0.29, 0.717) is 0 Å². The third-order valence-corrected chi connectivity index (χ3v) is 3.01. The average molecular weight is 278 g/mol. The molecule has 0 atom stereocenters. The zero-order valence-corrected chi connectivity index (χ0v) is 11.2. The predicted octanol–water partition coefficient (Wildman–Crippen LogP) is 4.08. The Bertz CT molecular complexity index is 521. The molecule has 106 valence electrons. The maximum absolute atomic E-state index is 12.0. The van der Waals surface area contributed by atoms with Crippen LogP contribution >= 0.6 is 0 Å². The molecule has 4 heteroatoms. The molecule has 0 aromatic heterocycles. The molecule has 0 aliphatic rings. The van der Waals surface area contributed by atoms with Gasteiger partial charge in [-0.3, -0.25) is 0 Å². The third-order valence-electron chi connectivity index (χ3n) is 3.01. The standard InChI is InChI=1S/C16H16F2O2/c1-19-14-8-4-12(5-9-14)2-3-13-6-10-15(11-7-13)20-16(17)18/h4-11,16H,2-3H2,1H3. The van der Waals surface area contributed by atoms with Crippen molar-refractivity contribution in [2.75, 3.05) is 7.11 Å². The van der Waals surface area contributed by atoms with Gasteiger partial charge in [0, 0.05) is 0 Å². The van der Waals surface area contributed by atoms with Crippen molar-refractivity contribution in [2.45, 2.75) is 19.5 Å². The highest BCUT2D eigenvalue weighted by molar-refractivity contribution is 5.30. The second-order valence-electron chi connectivity index (χ2n) is 4.37. The number of hydrogen-bond donors (Lipinski definition) is 0. The van der Waals surface area contributed by atoms with Crippen molar-refractivity contribution in [3.63, 3.8) is 0 Å². The van der Waals surface area contributed by atoms with Crippen molar-refractivity contribution in [1.29, 1.82) is 0 Å². The van der Waals surface area contributed by atoms with Crippen LogP contribution in [0.1, 0.15) is 11.1 Å². The Hall–Kier alpha value is -2.10. The first-order valence-electron chi connectivity index (χ1n) is 6.34. The van der Waals surface area contributed by atoms with Gasteiger partial charge in [-0.05, 0) is 48.2 Å². The molecule has 0 aliphatic carbocycles. The van der Waals surface area contributed by atoms with Gasteiger partial charge in [-0.15, -0.1) is 0 Å². The molecule has 20 heavy (non-hydrogen) atoms. The zero-order valence-electron chi connectivity index (χ0n) is 11.2. The van der Waals surface area contributed by atoms with E-state index < -0.39 is 6.61 Å². The van der Waals surface area contributed by atoms with E-state index in [-0.39, 0.29) is 5.75 Å². The van der Waals surface area contributed by atoms with Crippen molar-refractivity contribution in [3.05, 3.63) is 59.7 Å². The Kier molecular flexibility index (Phi) is 4.93. The van der Waals surface area contributed by atoms with E-state index in [2.05, 4.69) is 4.74 Å². The largest absolute Gasteiger partial charge is 0.497 e. The SMILES string of the molecule is COc1ccc(CCc2ccc(OC(F)F)cc2)cc1. The van der Waals surface area contributed by atoms with Crippen LogP contribution in [-0.2, 0) is 12.8 Å². The number of rotatable bonds is 6. The Morgan fingerprint density at radius 3 is 1.65 bits per heavy atom. The van der Waals surface area contributed by atoms with Gasteiger partial charge in [0.15, 0.2) is 0 Å². The summed E-state index contributed by atoms with van der Waals surface area (Å²) in [5.74, 6) is 1.02. The lowest BCUT2D eigenvalue weighted by Gasteiger charge is -2.06. The van der Waals surface area contributed by atoms with Crippen molar-refractivity contribution in [3.8, 4) is 11.5 Å². The van der Waals surface area contributed by atoms with Crippen LogP contribution in [0.4, 0.5) is 8.78 Å². The number of hydrogen-bond acceptors (Lipinski definition) is 2. The maximum atomic E-state index is 12.0. The average Bonchev–Trinajstić information content (AvgIpc) is 2.46. The second kappa shape index (κ2) is 6.89. The number of alkyl halides is 2. The molecular weight excluding hydrogens is 262 g/mol. The van der Waals surface area contributed by atoms with Gasteiger partial charge < -0.3 is 9.47 Å². The van der Waals surface area contributed by atoms with Gasteiger partial charge in [0.25, 0.3) is 0 Å². The summed E-state index contributed by atoms with van der Waals surface area (Å²) < 4.78 is 33.5. The summed E-state index contributed by atoms with van der Waals surface area (Å²) in [5.41, 5.74) is 2.29. The Morgan fingerprint density at radius 1 is 0.800 bits per heavy atom. The fourth-order valence-corrected chi connectivity index (χ4v) is 1.92. The highest BCUT2D eigenvalue weighted by Crippen LogP contribution is 2.17. The minimum Gasteiger partial charge on any atom is -0.497 e. The van der Waals surface area contributed by atoms with E-state index in [1.54, 1.807) is 31.4 Å². The molecule has 0 saturated carbocycles. The summed E-state index contributed by atoms with van der Waals surface area (Å²) in [7, 11) is 1.64. The van der Waals surface area contributed by atoms with E-state index in [1.165, 1.54) is 5.56 Å². The molecule has 0 fully saturated rings. The molecule has 0 amide bonds. The summed E-state index contributed by atoms with van der Waals surface area (Å²) in [5, 5.41) is 0. The van der Waals surface area contributed by atoms with Gasteiger partial charge in [0.2, 0.25) is 0 Å². The van der Waals surface area contributed by atoms with Gasteiger partial charge >= 0.3 is 6.61 Å². The fourth-order valence-electron chi connectivity index (χ4n) is 1.92. The molecule has 0 bridgehead atoms. The molecule has 0 unspecified atom stereocenters. The van der Waals surface area contributed by atoms with Gasteiger partial charge in [0.05, 0.1) is 7.11 Å². The van der Waals surface area contributed by atoms with Crippen LogP contribution in [0, 0.1) is 0 Å². The first-order valence-corrected chi connectivity index (χ1v) is 6.34. The van der Waals surface area contributed by atoms with Crippen LogP contribution < -0.4 is 9.47 Å². The molecular formula is C16H16F2O2. The monoisotopic (exact) mass is 278 g/mol. The smallest absolute Gasteiger partial charge is 0.387 e. The molecule has 0 radical (unpaired) electrons. The lowest BCUT2D eigenvalue weighted by atomic mass is 10.0. The molecule has 2 aromatic rings. The van der Waals surface area contributed by atoms with E-state index in [9.17, 15) is 8.78 Å². The van der Waals surface area contributed by atoms with E-state index in [0.717, 1.165) is 24.2 Å². The number of aryl methyl sites for hydroxylation is 2. The predicted molar refractivity (Wildman–Crippen MR) is 73.5 cm³/mol. The summed E-state index contributed by atoms with van der Waals surface area (Å²) in [6, 6.07) is 14.6. The first kappa shape index (κ1) is 14.3. The lowest BCUT2D eigenvalue weighted by Crippen LogP contribution is -2.01. The summed E-state index contributed by atoms with van der Waals surface area (Å²) in [6.45, 7) is -2.78. The molecule has 0 aliphatic heterocycles. The van der Waals surface area contributed by atoms with Crippen molar-refractivity contribution in [1.82, 2.24) is 0 Å². The molecule has 2 nitrogen and oxygen atoms in total. The van der Waals surface area contributed by atoms with E-state index in [4.69, 9.17) is 4.74 Å². The van der Waals surface area contributed by atoms with Crippen molar-refractivity contribution >= 4 is 0 Å². The lowest BCUT2D eigenvalue weighted by molar-refractivity contribution is -0.0498. The number of ether oxygens (including phenoxy) is 2. The van der Waals surface area contributed by atoms with Crippen molar-refractivity contribution < 1.29 is 18.3 Å². The normalized spacial score (nSPS) is 10.6. The Balaban J connectivity index is 1.89. The first-order chi connectivity index (χ1) is 9.67. The fraction of sp³-hybridized carbons (Fsp3) is 0.250. The number of halogens is 2. The molecule has 0 spiro atoms. The van der Waals surface area contributed by atoms with Gasteiger partial charge in [-0.1, -0.05) is 24.3 Å². The minimum atomic E-state index is -2.78. The van der Waals surface area contributed by atoms with Crippen LogP contribution in [0.5, 0.6) is 11.5 Å². The van der Waals surface area contributed by atoms with Gasteiger partial charge in [-0.25, -0.2) is 0 Å². The van der Waals surface area contributed by atoms with Gasteiger partial charge in [-0.2, -0.15) is 8.78 Å². The molecule has 0 N–H and O–H groups in total. The Morgan fingerprint density at radius 2 is 1.25 bits per heavy atom. The quantitative estimate of drug-likeness (QED) is 0.792.